The minimum atomic E-state index is -3.88. The minimum Gasteiger partial charge on any atom is -0.494 e. The van der Waals surface area contributed by atoms with Gasteiger partial charge in [0.2, 0.25) is 0 Å². The van der Waals surface area contributed by atoms with Gasteiger partial charge < -0.3 is 9.26 Å². The molecular weight excluding hydrogens is 287 g/mol. The van der Waals surface area contributed by atoms with Crippen LogP contribution in [0.2, 0.25) is 0 Å². The summed E-state index contributed by atoms with van der Waals surface area (Å²) in [7, 11) is -2.56. The summed E-state index contributed by atoms with van der Waals surface area (Å²) in [5.74, 6) is -0.458. The van der Waals surface area contributed by atoms with Crippen LogP contribution in [-0.4, -0.2) is 20.7 Å². The number of hydrogen-bond donors (Lipinski definition) is 1. The molecule has 20 heavy (non-hydrogen) atoms. The van der Waals surface area contributed by atoms with E-state index < -0.39 is 15.8 Å². The summed E-state index contributed by atoms with van der Waals surface area (Å²) in [5, 5.41) is 3.58. The van der Waals surface area contributed by atoms with Crippen molar-refractivity contribution in [1.29, 1.82) is 0 Å². The Hall–Kier alpha value is -2.09. The van der Waals surface area contributed by atoms with Crippen LogP contribution in [0, 0.1) is 19.7 Å². The van der Waals surface area contributed by atoms with E-state index in [0.717, 1.165) is 6.07 Å². The van der Waals surface area contributed by atoms with E-state index in [1.165, 1.54) is 33.1 Å². The van der Waals surface area contributed by atoms with Gasteiger partial charge in [0.1, 0.15) is 5.69 Å². The third kappa shape index (κ3) is 2.60. The molecule has 1 N–H and O–H groups in total. The Labute approximate surface area is 115 Å². The van der Waals surface area contributed by atoms with Gasteiger partial charge >= 0.3 is 0 Å². The lowest BCUT2D eigenvalue weighted by atomic mass is 10.3. The van der Waals surface area contributed by atoms with Gasteiger partial charge in [0.05, 0.1) is 12.8 Å². The van der Waals surface area contributed by atoms with Crippen molar-refractivity contribution in [2.24, 2.45) is 0 Å². The molecular formula is C12H13FN2O4S. The van der Waals surface area contributed by atoms with Crippen molar-refractivity contribution < 1.29 is 22.1 Å². The number of anilines is 1. The number of hydrogen-bond acceptors (Lipinski definition) is 5. The number of aromatic nitrogens is 1. The maximum Gasteiger partial charge on any atom is 0.267 e. The average Bonchev–Trinajstić information content (AvgIpc) is 2.69. The molecule has 0 saturated carbocycles. The molecule has 0 saturated heterocycles. The molecule has 0 radical (unpaired) electrons. The van der Waals surface area contributed by atoms with E-state index >= 15 is 0 Å². The van der Waals surface area contributed by atoms with Crippen molar-refractivity contribution in [2.75, 3.05) is 11.8 Å². The Morgan fingerprint density at radius 3 is 2.55 bits per heavy atom. The molecule has 0 unspecified atom stereocenters. The lowest BCUT2D eigenvalue weighted by molar-refractivity contribution is 0.386. The number of nitrogens with one attached hydrogen (secondary N) is 1. The Kier molecular flexibility index (Phi) is 3.67. The normalized spacial score (nSPS) is 11.4. The summed E-state index contributed by atoms with van der Waals surface area (Å²) in [6, 6.07) is 3.77. The highest BCUT2D eigenvalue weighted by atomic mass is 32.2. The molecule has 0 atom stereocenters. The van der Waals surface area contributed by atoms with Crippen LogP contribution in [0.3, 0.4) is 0 Å². The fourth-order valence-electron chi connectivity index (χ4n) is 1.79. The molecule has 8 heteroatoms. The molecule has 0 amide bonds. The van der Waals surface area contributed by atoms with E-state index in [2.05, 4.69) is 9.88 Å². The minimum absolute atomic E-state index is 0.0327. The molecule has 0 aliphatic rings. The molecule has 0 aliphatic carbocycles. The van der Waals surface area contributed by atoms with Crippen molar-refractivity contribution in [3.05, 3.63) is 35.5 Å². The summed E-state index contributed by atoms with van der Waals surface area (Å²) in [5.41, 5.74) is 0.326. The molecule has 0 aliphatic heterocycles. The first-order valence-corrected chi connectivity index (χ1v) is 7.12. The summed E-state index contributed by atoms with van der Waals surface area (Å²) >= 11 is 0. The molecule has 2 rings (SSSR count). The Morgan fingerprint density at radius 1 is 1.35 bits per heavy atom. The third-order valence-electron chi connectivity index (χ3n) is 2.64. The molecule has 1 aromatic carbocycles. The molecule has 0 spiro atoms. The zero-order valence-electron chi connectivity index (χ0n) is 11.1. The molecule has 108 valence electrons. The smallest absolute Gasteiger partial charge is 0.267 e. The SMILES string of the molecule is COc1ccc(NS(=O)(=O)c2c(C)noc2C)cc1F. The summed E-state index contributed by atoms with van der Waals surface area (Å²) in [6.45, 7) is 3.00. The maximum atomic E-state index is 13.5. The molecule has 0 fully saturated rings. The third-order valence-corrected chi connectivity index (χ3v) is 4.27. The zero-order valence-corrected chi connectivity index (χ0v) is 11.9. The molecule has 6 nitrogen and oxygen atoms in total. The number of ether oxygens (including phenoxy) is 1. The van der Waals surface area contributed by atoms with Gasteiger partial charge in [-0.2, -0.15) is 0 Å². The number of nitrogens with zero attached hydrogens (tertiary/aromatic N) is 1. The van der Waals surface area contributed by atoms with E-state index in [0.29, 0.717) is 0 Å². The quantitative estimate of drug-likeness (QED) is 0.936. The van der Waals surface area contributed by atoms with Gasteiger partial charge in [0, 0.05) is 6.07 Å². The van der Waals surface area contributed by atoms with Gasteiger partial charge in [-0.3, -0.25) is 4.72 Å². The van der Waals surface area contributed by atoms with Crippen molar-refractivity contribution in [3.8, 4) is 5.75 Å². The van der Waals surface area contributed by atoms with Crippen LogP contribution in [0.15, 0.2) is 27.6 Å². The maximum absolute atomic E-state index is 13.5. The predicted octanol–water partition coefficient (Wildman–Crippen LogP) is 2.24. The second kappa shape index (κ2) is 5.12. The number of sulfonamides is 1. The van der Waals surface area contributed by atoms with Crippen LogP contribution in [0.1, 0.15) is 11.5 Å². The van der Waals surface area contributed by atoms with Gasteiger partial charge in [-0.15, -0.1) is 0 Å². The number of methoxy groups -OCH3 is 1. The largest absolute Gasteiger partial charge is 0.494 e. The van der Waals surface area contributed by atoms with E-state index in [1.807, 2.05) is 0 Å². The Balaban J connectivity index is 2.36. The van der Waals surface area contributed by atoms with Crippen molar-refractivity contribution in [3.63, 3.8) is 0 Å². The molecule has 0 bridgehead atoms. The zero-order chi connectivity index (χ0) is 14.9. The van der Waals surface area contributed by atoms with Crippen molar-refractivity contribution in [2.45, 2.75) is 18.7 Å². The van der Waals surface area contributed by atoms with E-state index in [1.54, 1.807) is 0 Å². The van der Waals surface area contributed by atoms with Crippen LogP contribution in [0.25, 0.3) is 0 Å². The van der Waals surface area contributed by atoms with Crippen molar-refractivity contribution in [1.82, 2.24) is 5.16 Å². The topological polar surface area (TPSA) is 81.4 Å². The van der Waals surface area contributed by atoms with E-state index in [9.17, 15) is 12.8 Å². The van der Waals surface area contributed by atoms with Crippen LogP contribution in [0.4, 0.5) is 10.1 Å². The second-order valence-corrected chi connectivity index (χ2v) is 5.73. The van der Waals surface area contributed by atoms with Crippen LogP contribution in [-0.2, 0) is 10.0 Å². The molecule has 2 aromatic rings. The first kappa shape index (κ1) is 14.3. The second-order valence-electron chi connectivity index (χ2n) is 4.11. The van der Waals surface area contributed by atoms with Gasteiger partial charge in [0.15, 0.2) is 22.2 Å². The van der Waals surface area contributed by atoms with Crippen molar-refractivity contribution >= 4 is 15.7 Å². The fraction of sp³-hybridized carbons (Fsp3) is 0.250. The Bertz CT molecular complexity index is 720. The Morgan fingerprint density at radius 2 is 2.05 bits per heavy atom. The average molecular weight is 300 g/mol. The lowest BCUT2D eigenvalue weighted by Crippen LogP contribution is -2.14. The number of halogens is 1. The standard InChI is InChI=1S/C12H13FN2O4S/c1-7-12(8(2)19-14-7)20(16,17)15-9-4-5-11(18-3)10(13)6-9/h4-6,15H,1-3H3. The predicted molar refractivity (Wildman–Crippen MR) is 69.7 cm³/mol. The van der Waals surface area contributed by atoms with E-state index in [4.69, 9.17) is 9.26 Å². The van der Waals surface area contributed by atoms with Gasteiger partial charge in [0.25, 0.3) is 10.0 Å². The van der Waals surface area contributed by atoms with Crippen LogP contribution in [0.5, 0.6) is 5.75 Å². The number of aryl methyl sites for hydroxylation is 2. The van der Waals surface area contributed by atoms with Crippen LogP contribution < -0.4 is 9.46 Å². The van der Waals surface area contributed by atoms with E-state index in [-0.39, 0.29) is 27.8 Å². The summed E-state index contributed by atoms with van der Waals surface area (Å²) < 4.78 is 49.8. The van der Waals surface area contributed by atoms with Gasteiger partial charge in [-0.1, -0.05) is 5.16 Å². The summed E-state index contributed by atoms with van der Waals surface area (Å²) in [6.07, 6.45) is 0. The summed E-state index contributed by atoms with van der Waals surface area (Å²) in [4.78, 5) is -0.0475. The monoisotopic (exact) mass is 300 g/mol. The highest BCUT2D eigenvalue weighted by Gasteiger charge is 2.24. The number of benzene rings is 1. The first-order valence-electron chi connectivity index (χ1n) is 5.64. The number of rotatable bonds is 4. The van der Waals surface area contributed by atoms with Crippen LogP contribution >= 0.6 is 0 Å². The van der Waals surface area contributed by atoms with Gasteiger partial charge in [-0.25, -0.2) is 12.8 Å². The molecule has 1 heterocycles. The molecule has 1 aromatic heterocycles. The highest BCUT2D eigenvalue weighted by molar-refractivity contribution is 7.92. The lowest BCUT2D eigenvalue weighted by Gasteiger charge is -2.09. The first-order chi connectivity index (χ1) is 9.35. The van der Waals surface area contributed by atoms with Gasteiger partial charge in [-0.05, 0) is 26.0 Å². The highest BCUT2D eigenvalue weighted by Crippen LogP contribution is 2.25. The fourth-order valence-corrected chi connectivity index (χ4v) is 3.18.